The Bertz CT molecular complexity index is 440. The largest absolute Gasteiger partial charge is 0.490 e. The maximum absolute atomic E-state index is 6.34. The molecule has 1 spiro atoms. The first-order chi connectivity index (χ1) is 9.21. The first kappa shape index (κ1) is 13.4. The molecule has 2 fully saturated rings. The van der Waals surface area contributed by atoms with E-state index in [1.807, 2.05) is 24.3 Å². The van der Waals surface area contributed by atoms with Gasteiger partial charge in [0.2, 0.25) is 0 Å². The number of ether oxygens (including phenoxy) is 1. The van der Waals surface area contributed by atoms with Crippen LogP contribution in [-0.2, 0) is 0 Å². The fourth-order valence-electron chi connectivity index (χ4n) is 3.73. The first-order valence-corrected chi connectivity index (χ1v) is 8.18. The van der Waals surface area contributed by atoms with E-state index in [1.54, 1.807) is 0 Å². The molecule has 2 aliphatic rings. The second-order valence-corrected chi connectivity index (χ2v) is 6.97. The maximum atomic E-state index is 6.34. The van der Waals surface area contributed by atoms with Crippen molar-refractivity contribution in [2.45, 2.75) is 57.1 Å². The molecule has 1 aromatic rings. The molecule has 0 bridgehead atoms. The van der Waals surface area contributed by atoms with Gasteiger partial charge in [0, 0.05) is 22.4 Å². The molecule has 104 valence electrons. The van der Waals surface area contributed by atoms with Crippen molar-refractivity contribution in [3.8, 4) is 5.75 Å². The van der Waals surface area contributed by atoms with Crippen LogP contribution in [0.3, 0.4) is 0 Å². The van der Waals surface area contributed by atoms with Crippen molar-refractivity contribution >= 4 is 15.9 Å². The fourth-order valence-corrected chi connectivity index (χ4v) is 4.11. The van der Waals surface area contributed by atoms with Crippen LogP contribution in [0, 0.1) is 5.41 Å². The third kappa shape index (κ3) is 2.55. The van der Waals surface area contributed by atoms with Gasteiger partial charge in [-0.2, -0.15) is 0 Å². The smallest absolute Gasteiger partial charge is 0.120 e. The van der Waals surface area contributed by atoms with Crippen LogP contribution in [0.4, 0.5) is 0 Å². The highest BCUT2D eigenvalue weighted by Gasteiger charge is 2.54. The van der Waals surface area contributed by atoms with Crippen molar-refractivity contribution in [2.75, 3.05) is 0 Å². The van der Waals surface area contributed by atoms with Gasteiger partial charge < -0.3 is 10.5 Å². The highest BCUT2D eigenvalue weighted by atomic mass is 79.9. The minimum atomic E-state index is 0.249. The molecule has 0 saturated heterocycles. The molecule has 1 aromatic carbocycles. The van der Waals surface area contributed by atoms with E-state index in [0.717, 1.165) is 16.6 Å². The van der Waals surface area contributed by atoms with Crippen LogP contribution >= 0.6 is 15.9 Å². The number of nitrogens with two attached hydrogens (primary N) is 1. The van der Waals surface area contributed by atoms with Crippen LogP contribution in [-0.4, -0.2) is 12.1 Å². The Balaban J connectivity index is 1.74. The summed E-state index contributed by atoms with van der Waals surface area (Å²) in [6.07, 6.45) is 9.15. The summed E-state index contributed by atoms with van der Waals surface area (Å²) in [7, 11) is 0. The summed E-state index contributed by atoms with van der Waals surface area (Å²) in [6, 6.07) is 8.48. The van der Waals surface area contributed by atoms with Crippen molar-refractivity contribution in [3.05, 3.63) is 28.7 Å². The van der Waals surface area contributed by atoms with Gasteiger partial charge in [0.25, 0.3) is 0 Å². The van der Waals surface area contributed by atoms with Gasteiger partial charge in [0.15, 0.2) is 0 Å². The zero-order valence-corrected chi connectivity index (χ0v) is 12.9. The number of rotatable bonds is 2. The van der Waals surface area contributed by atoms with E-state index in [1.165, 1.54) is 38.5 Å². The van der Waals surface area contributed by atoms with Gasteiger partial charge in [-0.05, 0) is 31.0 Å². The number of hydrogen-bond donors (Lipinski definition) is 1. The molecule has 2 atom stereocenters. The summed E-state index contributed by atoms with van der Waals surface area (Å²) >= 11 is 3.50. The molecule has 0 heterocycles. The average Bonchev–Trinajstić information content (AvgIpc) is 2.66. The highest BCUT2D eigenvalue weighted by Crippen LogP contribution is 2.51. The minimum absolute atomic E-state index is 0.249. The normalized spacial score (nSPS) is 29.6. The summed E-state index contributed by atoms with van der Waals surface area (Å²) in [5, 5.41) is 0. The SMILES string of the molecule is NC1CC(Oc2cccc(Br)c2)C12CCCCCC2. The lowest BCUT2D eigenvalue weighted by Crippen LogP contribution is -2.63. The monoisotopic (exact) mass is 323 g/mol. The molecule has 2 N–H and O–H groups in total. The first-order valence-electron chi connectivity index (χ1n) is 7.38. The molecule has 0 radical (unpaired) electrons. The molecule has 3 rings (SSSR count). The second-order valence-electron chi connectivity index (χ2n) is 6.05. The molecular formula is C16H22BrNO. The van der Waals surface area contributed by atoms with Crippen molar-refractivity contribution < 1.29 is 4.74 Å². The van der Waals surface area contributed by atoms with E-state index in [4.69, 9.17) is 10.5 Å². The van der Waals surface area contributed by atoms with E-state index >= 15 is 0 Å². The zero-order chi connectivity index (χ0) is 13.3. The Labute approximate surface area is 123 Å². The molecular weight excluding hydrogens is 302 g/mol. The summed E-state index contributed by atoms with van der Waals surface area (Å²) in [5.74, 6) is 0.967. The predicted octanol–water partition coefficient (Wildman–Crippen LogP) is 4.27. The van der Waals surface area contributed by atoms with E-state index < -0.39 is 0 Å². The highest BCUT2D eigenvalue weighted by molar-refractivity contribution is 9.10. The molecule has 0 amide bonds. The Morgan fingerprint density at radius 3 is 2.53 bits per heavy atom. The van der Waals surface area contributed by atoms with Crippen LogP contribution in [0.2, 0.25) is 0 Å². The molecule has 3 heteroatoms. The van der Waals surface area contributed by atoms with Crippen LogP contribution in [0.25, 0.3) is 0 Å². The minimum Gasteiger partial charge on any atom is -0.490 e. The molecule has 2 nitrogen and oxygen atoms in total. The Morgan fingerprint density at radius 1 is 1.16 bits per heavy atom. The third-order valence-corrected chi connectivity index (χ3v) is 5.45. The van der Waals surface area contributed by atoms with Gasteiger partial charge in [-0.1, -0.05) is 47.7 Å². The lowest BCUT2D eigenvalue weighted by atomic mass is 9.58. The Kier molecular flexibility index (Phi) is 3.86. The topological polar surface area (TPSA) is 35.2 Å². The van der Waals surface area contributed by atoms with E-state index in [2.05, 4.69) is 15.9 Å². The quantitative estimate of drug-likeness (QED) is 0.882. The summed E-state index contributed by atoms with van der Waals surface area (Å²) < 4.78 is 7.31. The zero-order valence-electron chi connectivity index (χ0n) is 11.3. The third-order valence-electron chi connectivity index (χ3n) is 4.96. The summed E-state index contributed by atoms with van der Waals surface area (Å²) in [5.41, 5.74) is 6.59. The van der Waals surface area contributed by atoms with E-state index in [-0.39, 0.29) is 5.41 Å². The van der Waals surface area contributed by atoms with Gasteiger partial charge in [0.1, 0.15) is 11.9 Å². The van der Waals surface area contributed by atoms with Gasteiger partial charge in [-0.25, -0.2) is 0 Å². The standard InChI is InChI=1S/C16H22BrNO/c17-12-6-5-7-13(10-12)19-15-11-14(18)16(15)8-3-1-2-4-9-16/h5-7,10,14-15H,1-4,8-9,11,18H2. The number of hydrogen-bond acceptors (Lipinski definition) is 2. The van der Waals surface area contributed by atoms with Crippen LogP contribution in [0.5, 0.6) is 5.75 Å². The summed E-state index contributed by atoms with van der Waals surface area (Å²) in [6.45, 7) is 0. The van der Waals surface area contributed by atoms with Crippen LogP contribution in [0.15, 0.2) is 28.7 Å². The van der Waals surface area contributed by atoms with Crippen molar-refractivity contribution in [3.63, 3.8) is 0 Å². The predicted molar refractivity (Wildman–Crippen MR) is 81.3 cm³/mol. The lowest BCUT2D eigenvalue weighted by molar-refractivity contribution is -0.0770. The summed E-state index contributed by atoms with van der Waals surface area (Å²) in [4.78, 5) is 0. The molecule has 2 aliphatic carbocycles. The Morgan fingerprint density at radius 2 is 1.89 bits per heavy atom. The van der Waals surface area contributed by atoms with Crippen molar-refractivity contribution in [2.24, 2.45) is 11.1 Å². The lowest BCUT2D eigenvalue weighted by Gasteiger charge is -2.54. The molecule has 0 aliphatic heterocycles. The van der Waals surface area contributed by atoms with Gasteiger partial charge in [-0.15, -0.1) is 0 Å². The van der Waals surface area contributed by atoms with Gasteiger partial charge >= 0.3 is 0 Å². The van der Waals surface area contributed by atoms with Gasteiger partial charge in [0.05, 0.1) is 0 Å². The Hall–Kier alpha value is -0.540. The maximum Gasteiger partial charge on any atom is 0.120 e. The number of halogens is 1. The number of benzene rings is 1. The second kappa shape index (κ2) is 5.45. The van der Waals surface area contributed by atoms with Crippen molar-refractivity contribution in [1.82, 2.24) is 0 Å². The molecule has 19 heavy (non-hydrogen) atoms. The molecule has 2 unspecified atom stereocenters. The average molecular weight is 324 g/mol. The van der Waals surface area contributed by atoms with Crippen molar-refractivity contribution in [1.29, 1.82) is 0 Å². The fraction of sp³-hybridized carbons (Fsp3) is 0.625. The van der Waals surface area contributed by atoms with E-state index in [0.29, 0.717) is 12.1 Å². The van der Waals surface area contributed by atoms with E-state index in [9.17, 15) is 0 Å². The van der Waals surface area contributed by atoms with Crippen LogP contribution < -0.4 is 10.5 Å². The van der Waals surface area contributed by atoms with Crippen LogP contribution in [0.1, 0.15) is 44.9 Å². The molecule has 0 aromatic heterocycles. The molecule has 2 saturated carbocycles. The van der Waals surface area contributed by atoms with Gasteiger partial charge in [-0.3, -0.25) is 0 Å².